The Morgan fingerprint density at radius 2 is 2.04 bits per heavy atom. The third kappa shape index (κ3) is 3.92. The Labute approximate surface area is 138 Å². The average Bonchev–Trinajstić information content (AvgIpc) is 2.59. The fourth-order valence-corrected chi connectivity index (χ4v) is 2.21. The number of aryl methyl sites for hydroxylation is 1. The zero-order chi connectivity index (χ0) is 17.7. The van der Waals surface area contributed by atoms with Crippen LogP contribution in [0.25, 0.3) is 0 Å². The summed E-state index contributed by atoms with van der Waals surface area (Å²) >= 11 is 0. The highest BCUT2D eigenvalue weighted by Gasteiger charge is 2.12. The Morgan fingerprint density at radius 3 is 2.71 bits per heavy atom. The molecule has 6 nitrogen and oxygen atoms in total. The van der Waals surface area contributed by atoms with E-state index in [0.717, 1.165) is 0 Å². The number of hydrogen-bond acceptors (Lipinski definition) is 5. The molecule has 2 aromatic rings. The molecule has 0 saturated heterocycles. The molecule has 0 amide bonds. The van der Waals surface area contributed by atoms with Crippen LogP contribution in [-0.2, 0) is 22.5 Å². The van der Waals surface area contributed by atoms with Crippen LogP contribution in [0.4, 0.5) is 4.39 Å². The molecule has 24 heavy (non-hydrogen) atoms. The highest BCUT2D eigenvalue weighted by molar-refractivity contribution is 5.72. The summed E-state index contributed by atoms with van der Waals surface area (Å²) in [4.78, 5) is 23.9. The normalized spacial score (nSPS) is 10.3. The second-order valence-electron chi connectivity index (χ2n) is 5.20. The Bertz CT molecular complexity index is 802. The van der Waals surface area contributed by atoms with Gasteiger partial charge in [0, 0.05) is 17.3 Å². The van der Waals surface area contributed by atoms with Gasteiger partial charge >= 0.3 is 5.97 Å². The Kier molecular flexibility index (Phi) is 5.57. The second-order valence-corrected chi connectivity index (χ2v) is 5.20. The van der Waals surface area contributed by atoms with Crippen LogP contribution in [0.3, 0.4) is 0 Å². The second kappa shape index (κ2) is 7.63. The fraction of sp³-hybridized carbons (Fsp3) is 0.294. The van der Waals surface area contributed by atoms with E-state index in [1.165, 1.54) is 37.2 Å². The van der Waals surface area contributed by atoms with Crippen molar-refractivity contribution >= 4 is 5.97 Å². The van der Waals surface area contributed by atoms with Crippen molar-refractivity contribution < 1.29 is 18.7 Å². The van der Waals surface area contributed by atoms with Crippen LogP contribution in [0.15, 0.2) is 35.3 Å². The molecule has 1 aromatic heterocycles. The van der Waals surface area contributed by atoms with Crippen molar-refractivity contribution in [1.82, 2.24) is 4.68 Å². The first-order valence-corrected chi connectivity index (χ1v) is 7.30. The summed E-state index contributed by atoms with van der Waals surface area (Å²) in [5.74, 6) is -0.374. The molecular weight excluding hydrogens is 315 g/mol. The largest absolute Gasteiger partial charge is 0.497 e. The van der Waals surface area contributed by atoms with Crippen LogP contribution in [-0.4, -0.2) is 24.9 Å². The summed E-state index contributed by atoms with van der Waals surface area (Å²) in [7, 11) is 2.76. The maximum absolute atomic E-state index is 13.8. The standard InChI is InChI=1S/C17H19FN2O4/c1-11-6-7-20(17(22)14(11)9-16(21)24-3)19-10-12-8-13(23-2)4-5-15(12)18/h4-8,19H,9-10H2,1-3H3. The summed E-state index contributed by atoms with van der Waals surface area (Å²) in [5, 5.41) is 0. The lowest BCUT2D eigenvalue weighted by Crippen LogP contribution is -2.32. The Morgan fingerprint density at radius 1 is 1.29 bits per heavy atom. The quantitative estimate of drug-likeness (QED) is 0.815. The van der Waals surface area contributed by atoms with Gasteiger partial charge in [-0.2, -0.15) is 0 Å². The number of benzene rings is 1. The van der Waals surface area contributed by atoms with Gasteiger partial charge in [0.2, 0.25) is 0 Å². The lowest BCUT2D eigenvalue weighted by atomic mass is 10.1. The molecule has 1 N–H and O–H groups in total. The minimum Gasteiger partial charge on any atom is -0.497 e. The number of nitrogens with zero attached hydrogens (tertiary/aromatic N) is 1. The number of nitrogens with one attached hydrogen (secondary N) is 1. The first-order chi connectivity index (χ1) is 11.5. The first kappa shape index (κ1) is 17.5. The van der Waals surface area contributed by atoms with Crippen molar-refractivity contribution in [2.75, 3.05) is 19.6 Å². The number of carbonyl (C=O) groups is 1. The predicted molar refractivity (Wildman–Crippen MR) is 87.2 cm³/mol. The Hall–Kier alpha value is -2.83. The van der Waals surface area contributed by atoms with E-state index in [9.17, 15) is 14.0 Å². The van der Waals surface area contributed by atoms with Crippen LogP contribution in [0.5, 0.6) is 5.75 Å². The number of aromatic nitrogens is 1. The van der Waals surface area contributed by atoms with Gasteiger partial charge in [-0.05, 0) is 36.8 Å². The number of ether oxygens (including phenoxy) is 2. The molecule has 0 aliphatic rings. The minimum atomic E-state index is -0.494. The van der Waals surface area contributed by atoms with Crippen LogP contribution in [0.1, 0.15) is 16.7 Å². The van der Waals surface area contributed by atoms with E-state index >= 15 is 0 Å². The van der Waals surface area contributed by atoms with Gasteiger partial charge in [0.15, 0.2) is 0 Å². The zero-order valence-electron chi connectivity index (χ0n) is 13.8. The van der Waals surface area contributed by atoms with E-state index in [4.69, 9.17) is 4.74 Å². The molecule has 1 heterocycles. The molecule has 0 saturated carbocycles. The lowest BCUT2D eigenvalue weighted by Gasteiger charge is -2.13. The van der Waals surface area contributed by atoms with E-state index in [2.05, 4.69) is 10.2 Å². The third-order valence-electron chi connectivity index (χ3n) is 3.67. The summed E-state index contributed by atoms with van der Waals surface area (Å²) < 4.78 is 24.7. The van der Waals surface area contributed by atoms with Gasteiger partial charge < -0.3 is 14.9 Å². The van der Waals surface area contributed by atoms with E-state index in [-0.39, 0.29) is 18.5 Å². The number of hydrogen-bond donors (Lipinski definition) is 1. The molecular formula is C17H19FN2O4. The summed E-state index contributed by atoms with van der Waals surface area (Å²) in [6.07, 6.45) is 1.42. The van der Waals surface area contributed by atoms with Crippen molar-refractivity contribution in [1.29, 1.82) is 0 Å². The molecule has 0 bridgehead atoms. The van der Waals surface area contributed by atoms with Gasteiger partial charge in [0.05, 0.1) is 27.2 Å². The molecule has 0 radical (unpaired) electrons. The SMILES string of the molecule is COC(=O)Cc1c(C)ccn(NCc2cc(OC)ccc2F)c1=O. The van der Waals surface area contributed by atoms with E-state index in [1.807, 2.05) is 0 Å². The smallest absolute Gasteiger partial charge is 0.310 e. The van der Waals surface area contributed by atoms with Crippen molar-refractivity contribution in [3.63, 3.8) is 0 Å². The summed E-state index contributed by atoms with van der Waals surface area (Å²) in [6.45, 7) is 1.83. The van der Waals surface area contributed by atoms with Crippen molar-refractivity contribution in [2.24, 2.45) is 0 Å². The molecule has 0 aliphatic heterocycles. The van der Waals surface area contributed by atoms with Gasteiger partial charge in [-0.1, -0.05) is 0 Å². The van der Waals surface area contributed by atoms with Gasteiger partial charge in [-0.3, -0.25) is 9.59 Å². The molecule has 0 aliphatic carbocycles. The Balaban J connectivity index is 2.23. The number of pyridine rings is 1. The molecule has 2 rings (SSSR count). The van der Waals surface area contributed by atoms with Gasteiger partial charge in [-0.15, -0.1) is 0 Å². The maximum atomic E-state index is 13.8. The summed E-state index contributed by atoms with van der Waals surface area (Å²) in [6, 6.07) is 6.08. The van der Waals surface area contributed by atoms with Crippen LogP contribution in [0.2, 0.25) is 0 Å². The molecule has 128 valence electrons. The lowest BCUT2D eigenvalue weighted by molar-refractivity contribution is -0.139. The number of rotatable bonds is 6. The maximum Gasteiger partial charge on any atom is 0.310 e. The summed E-state index contributed by atoms with van der Waals surface area (Å²) in [5.41, 5.74) is 3.85. The number of esters is 1. The molecule has 0 unspecified atom stereocenters. The highest BCUT2D eigenvalue weighted by atomic mass is 19.1. The van der Waals surface area contributed by atoms with Crippen molar-refractivity contribution in [3.05, 3.63) is 63.3 Å². The molecule has 0 spiro atoms. The fourth-order valence-electron chi connectivity index (χ4n) is 2.21. The molecule has 1 aromatic carbocycles. The third-order valence-corrected chi connectivity index (χ3v) is 3.67. The monoisotopic (exact) mass is 334 g/mol. The van der Waals surface area contributed by atoms with E-state index in [0.29, 0.717) is 22.4 Å². The van der Waals surface area contributed by atoms with Gasteiger partial charge in [-0.25, -0.2) is 9.07 Å². The molecule has 7 heteroatoms. The first-order valence-electron chi connectivity index (χ1n) is 7.30. The van der Waals surface area contributed by atoms with Crippen molar-refractivity contribution in [3.8, 4) is 5.75 Å². The van der Waals surface area contributed by atoms with Crippen LogP contribution < -0.4 is 15.7 Å². The molecule has 0 fully saturated rings. The average molecular weight is 334 g/mol. The molecule has 0 atom stereocenters. The number of methoxy groups -OCH3 is 2. The van der Waals surface area contributed by atoms with Gasteiger partial charge in [0.25, 0.3) is 5.56 Å². The van der Waals surface area contributed by atoms with Crippen molar-refractivity contribution in [2.45, 2.75) is 19.9 Å². The van der Waals surface area contributed by atoms with Crippen LogP contribution >= 0.6 is 0 Å². The van der Waals surface area contributed by atoms with Crippen LogP contribution in [0, 0.1) is 12.7 Å². The van der Waals surface area contributed by atoms with E-state index in [1.54, 1.807) is 19.1 Å². The topological polar surface area (TPSA) is 69.6 Å². The van der Waals surface area contributed by atoms with E-state index < -0.39 is 11.8 Å². The number of carbonyl (C=O) groups excluding carboxylic acids is 1. The number of halogens is 1. The predicted octanol–water partition coefficient (Wildman–Crippen LogP) is 1.76. The van der Waals surface area contributed by atoms with Gasteiger partial charge in [0.1, 0.15) is 11.6 Å². The zero-order valence-corrected chi connectivity index (χ0v) is 13.8. The minimum absolute atomic E-state index is 0.0870. The highest BCUT2D eigenvalue weighted by Crippen LogP contribution is 2.16.